The maximum absolute atomic E-state index is 5.21. The van der Waals surface area contributed by atoms with Crippen molar-refractivity contribution in [2.45, 2.75) is 0 Å². The quantitative estimate of drug-likeness (QED) is 0.193. The molecule has 46 heavy (non-hydrogen) atoms. The summed E-state index contributed by atoms with van der Waals surface area (Å²) in [6.07, 6.45) is 1.95. The molecule has 0 saturated carbocycles. The molecule has 10 rings (SSSR count). The summed E-state index contributed by atoms with van der Waals surface area (Å²) < 4.78 is 4.59. The summed E-state index contributed by atoms with van der Waals surface area (Å²) >= 11 is 0. The lowest BCUT2D eigenvalue weighted by Crippen LogP contribution is -2.01. The summed E-state index contributed by atoms with van der Waals surface area (Å²) in [5, 5.41) is 8.20. The molecule has 0 atom stereocenters. The number of fused-ring (bicyclic) bond motifs is 9. The molecule has 4 heteroatoms. The third-order valence-corrected chi connectivity index (χ3v) is 9.36. The Balaban J connectivity index is 1.22. The van der Waals surface area contributed by atoms with E-state index in [1.807, 2.05) is 6.20 Å². The lowest BCUT2D eigenvalue weighted by molar-refractivity contribution is 1.01. The fourth-order valence-electron chi connectivity index (χ4n) is 7.24. The third kappa shape index (κ3) is 3.61. The van der Waals surface area contributed by atoms with Crippen LogP contribution >= 0.6 is 0 Å². The highest BCUT2D eigenvalue weighted by molar-refractivity contribution is 6.12. The van der Waals surface area contributed by atoms with Crippen molar-refractivity contribution in [1.82, 2.24) is 19.1 Å². The standard InChI is InChI=1S/C42H26N4/c1-2-11-31(12-3-1)45-37-16-8-6-14-33(37)35-22-20-28(24-39(35)45)29-21-23-36-34-15-7-9-17-38(34)46(40(36)25-29)42-43-26-30-19-18-27-10-4-5-13-32(27)41(30)44-42/h1-26H. The molecule has 10 aromatic rings. The average molecular weight is 587 g/mol. The van der Waals surface area contributed by atoms with Crippen LogP contribution in [0, 0.1) is 0 Å². The molecule has 0 aliphatic rings. The molecule has 0 radical (unpaired) electrons. The van der Waals surface area contributed by atoms with E-state index in [0.29, 0.717) is 5.95 Å². The second-order valence-corrected chi connectivity index (χ2v) is 11.9. The monoisotopic (exact) mass is 586 g/mol. The van der Waals surface area contributed by atoms with Crippen molar-refractivity contribution in [1.29, 1.82) is 0 Å². The van der Waals surface area contributed by atoms with E-state index in [-0.39, 0.29) is 0 Å². The van der Waals surface area contributed by atoms with Gasteiger partial charge in [-0.2, -0.15) is 0 Å². The summed E-state index contributed by atoms with van der Waals surface area (Å²) in [7, 11) is 0. The topological polar surface area (TPSA) is 35.6 Å². The minimum atomic E-state index is 0.673. The van der Waals surface area contributed by atoms with Gasteiger partial charge in [-0.1, -0.05) is 115 Å². The SMILES string of the molecule is c1ccc(-n2c3ccccc3c3ccc(-c4ccc5c6ccccc6n(-c6ncc7ccc8ccccc8c7n6)c5c4)cc32)cc1. The molecule has 0 amide bonds. The number of hydrogen-bond acceptors (Lipinski definition) is 2. The van der Waals surface area contributed by atoms with Crippen LogP contribution in [0.2, 0.25) is 0 Å². The van der Waals surface area contributed by atoms with Gasteiger partial charge < -0.3 is 4.57 Å². The minimum absolute atomic E-state index is 0.673. The number of para-hydroxylation sites is 3. The molecular formula is C42H26N4. The maximum atomic E-state index is 5.21. The van der Waals surface area contributed by atoms with Crippen LogP contribution in [0.15, 0.2) is 158 Å². The molecule has 0 unspecified atom stereocenters. The van der Waals surface area contributed by atoms with E-state index in [1.54, 1.807) is 0 Å². The van der Waals surface area contributed by atoms with Gasteiger partial charge in [-0.15, -0.1) is 0 Å². The number of rotatable bonds is 3. The van der Waals surface area contributed by atoms with E-state index in [0.717, 1.165) is 44.1 Å². The number of benzene rings is 7. The minimum Gasteiger partial charge on any atom is -0.309 e. The summed E-state index contributed by atoms with van der Waals surface area (Å²) in [4.78, 5) is 10.1. The summed E-state index contributed by atoms with van der Waals surface area (Å²) in [6, 6.07) is 54.1. The van der Waals surface area contributed by atoms with Crippen LogP contribution in [-0.4, -0.2) is 19.1 Å². The highest BCUT2D eigenvalue weighted by atomic mass is 15.2. The molecule has 3 heterocycles. The van der Waals surface area contributed by atoms with Gasteiger partial charge in [-0.25, -0.2) is 9.97 Å². The zero-order valence-electron chi connectivity index (χ0n) is 24.8. The zero-order valence-corrected chi connectivity index (χ0v) is 24.8. The molecular weight excluding hydrogens is 560 g/mol. The van der Waals surface area contributed by atoms with Crippen LogP contribution in [0.3, 0.4) is 0 Å². The second kappa shape index (κ2) is 9.62. The van der Waals surface area contributed by atoms with Gasteiger partial charge in [0.1, 0.15) is 0 Å². The van der Waals surface area contributed by atoms with Gasteiger partial charge in [0.05, 0.1) is 27.6 Å². The Labute approximate surface area is 264 Å². The predicted octanol–water partition coefficient (Wildman–Crippen LogP) is 10.6. The second-order valence-electron chi connectivity index (χ2n) is 11.9. The highest BCUT2D eigenvalue weighted by Crippen LogP contribution is 2.38. The van der Waals surface area contributed by atoms with Gasteiger partial charge >= 0.3 is 0 Å². The van der Waals surface area contributed by atoms with Crippen molar-refractivity contribution in [3.05, 3.63) is 158 Å². The van der Waals surface area contributed by atoms with Gasteiger partial charge in [0, 0.05) is 44.2 Å². The Morgan fingerprint density at radius 2 is 0.935 bits per heavy atom. The zero-order chi connectivity index (χ0) is 30.2. The Morgan fingerprint density at radius 3 is 1.65 bits per heavy atom. The van der Waals surface area contributed by atoms with Gasteiger partial charge in [0.2, 0.25) is 5.95 Å². The number of hydrogen-bond donors (Lipinski definition) is 0. The molecule has 0 aliphatic carbocycles. The molecule has 0 N–H and O–H groups in total. The highest BCUT2D eigenvalue weighted by Gasteiger charge is 2.17. The largest absolute Gasteiger partial charge is 0.309 e. The Bertz CT molecular complexity index is 2810. The molecule has 214 valence electrons. The lowest BCUT2D eigenvalue weighted by Gasteiger charge is -2.10. The van der Waals surface area contributed by atoms with Crippen molar-refractivity contribution >= 4 is 65.3 Å². The van der Waals surface area contributed by atoms with Gasteiger partial charge in [-0.05, 0) is 52.9 Å². The van der Waals surface area contributed by atoms with Crippen molar-refractivity contribution in [3.8, 4) is 22.8 Å². The molecule has 0 saturated heterocycles. The van der Waals surface area contributed by atoms with E-state index in [2.05, 4.69) is 161 Å². The average Bonchev–Trinajstić information content (AvgIpc) is 3.64. The summed E-state index contributed by atoms with van der Waals surface area (Å²) in [5.41, 5.74) is 9.00. The first-order valence-electron chi connectivity index (χ1n) is 15.6. The molecule has 3 aromatic heterocycles. The number of aromatic nitrogens is 4. The first-order chi connectivity index (χ1) is 22.8. The van der Waals surface area contributed by atoms with Crippen LogP contribution in [0.4, 0.5) is 0 Å². The van der Waals surface area contributed by atoms with E-state index < -0.39 is 0 Å². The van der Waals surface area contributed by atoms with Crippen LogP contribution < -0.4 is 0 Å². The van der Waals surface area contributed by atoms with Crippen LogP contribution in [0.1, 0.15) is 0 Å². The van der Waals surface area contributed by atoms with Crippen molar-refractivity contribution in [2.24, 2.45) is 0 Å². The van der Waals surface area contributed by atoms with Crippen LogP contribution in [0.25, 0.3) is 88.0 Å². The first kappa shape index (κ1) is 25.1. The van der Waals surface area contributed by atoms with Gasteiger partial charge in [-0.3, -0.25) is 4.57 Å². The van der Waals surface area contributed by atoms with Gasteiger partial charge in [0.25, 0.3) is 0 Å². The molecule has 0 spiro atoms. The lowest BCUT2D eigenvalue weighted by atomic mass is 10.0. The molecule has 0 bridgehead atoms. The van der Waals surface area contributed by atoms with Crippen molar-refractivity contribution in [2.75, 3.05) is 0 Å². The maximum Gasteiger partial charge on any atom is 0.235 e. The summed E-state index contributed by atoms with van der Waals surface area (Å²) in [6.45, 7) is 0. The molecule has 0 fully saturated rings. The third-order valence-electron chi connectivity index (χ3n) is 9.36. The number of nitrogens with zero attached hydrogens (tertiary/aromatic N) is 4. The predicted molar refractivity (Wildman–Crippen MR) is 191 cm³/mol. The fraction of sp³-hybridized carbons (Fsp3) is 0. The van der Waals surface area contributed by atoms with E-state index >= 15 is 0 Å². The summed E-state index contributed by atoms with van der Waals surface area (Å²) in [5.74, 6) is 0.673. The fourth-order valence-corrected chi connectivity index (χ4v) is 7.24. The van der Waals surface area contributed by atoms with E-state index in [4.69, 9.17) is 9.97 Å². The van der Waals surface area contributed by atoms with Gasteiger partial charge in [0.15, 0.2) is 0 Å². The molecule has 4 nitrogen and oxygen atoms in total. The van der Waals surface area contributed by atoms with E-state index in [9.17, 15) is 0 Å². The van der Waals surface area contributed by atoms with Crippen LogP contribution in [-0.2, 0) is 0 Å². The van der Waals surface area contributed by atoms with E-state index in [1.165, 1.54) is 38.0 Å². The molecule has 7 aromatic carbocycles. The smallest absolute Gasteiger partial charge is 0.235 e. The van der Waals surface area contributed by atoms with Crippen molar-refractivity contribution < 1.29 is 0 Å². The normalized spacial score (nSPS) is 11.9. The Kier molecular flexibility index (Phi) is 5.25. The Hall–Kier alpha value is -6.26. The Morgan fingerprint density at radius 1 is 0.391 bits per heavy atom. The van der Waals surface area contributed by atoms with Crippen molar-refractivity contribution in [3.63, 3.8) is 0 Å². The molecule has 0 aliphatic heterocycles. The first-order valence-corrected chi connectivity index (χ1v) is 15.6. The van der Waals surface area contributed by atoms with Crippen LogP contribution in [0.5, 0.6) is 0 Å².